The van der Waals surface area contributed by atoms with E-state index in [1.54, 1.807) is 42.5 Å². The van der Waals surface area contributed by atoms with Crippen molar-refractivity contribution in [2.75, 3.05) is 5.32 Å². The smallest absolute Gasteiger partial charge is 0.338 e. The Hall–Kier alpha value is -3.15. The third-order valence-electron chi connectivity index (χ3n) is 3.84. The summed E-state index contributed by atoms with van der Waals surface area (Å²) < 4.78 is 5.28. The van der Waals surface area contributed by atoms with Crippen LogP contribution in [-0.2, 0) is 22.6 Å². The molecule has 0 fully saturated rings. The topological polar surface area (TPSA) is 98.5 Å². The summed E-state index contributed by atoms with van der Waals surface area (Å²) in [5.41, 5.74) is 8.45. The van der Waals surface area contributed by atoms with Gasteiger partial charge in [-0.3, -0.25) is 9.59 Å². The highest BCUT2D eigenvalue weighted by molar-refractivity contribution is 5.96. The van der Waals surface area contributed by atoms with Gasteiger partial charge in [-0.1, -0.05) is 12.1 Å². The van der Waals surface area contributed by atoms with E-state index in [4.69, 9.17) is 10.5 Å². The number of anilines is 1. The summed E-state index contributed by atoms with van der Waals surface area (Å²) in [6.45, 7) is 0.103. The van der Waals surface area contributed by atoms with Gasteiger partial charge in [-0.2, -0.15) is 0 Å². The zero-order valence-corrected chi connectivity index (χ0v) is 12.9. The van der Waals surface area contributed by atoms with Crippen LogP contribution in [0.4, 0.5) is 5.69 Å². The fourth-order valence-electron chi connectivity index (χ4n) is 2.51. The van der Waals surface area contributed by atoms with E-state index in [1.807, 2.05) is 0 Å². The number of hydrogen-bond acceptors (Lipinski definition) is 4. The highest BCUT2D eigenvalue weighted by atomic mass is 16.5. The van der Waals surface area contributed by atoms with Crippen LogP contribution in [0.25, 0.3) is 0 Å². The Labute approximate surface area is 138 Å². The third kappa shape index (κ3) is 3.43. The minimum absolute atomic E-state index is 0.0164. The molecule has 1 aliphatic rings. The normalized spacial score (nSPS) is 12.9. The molecule has 2 aromatic carbocycles. The quantitative estimate of drug-likeness (QED) is 0.841. The number of aryl methyl sites for hydroxylation is 1. The van der Waals surface area contributed by atoms with Gasteiger partial charge in [0.05, 0.1) is 5.56 Å². The summed E-state index contributed by atoms with van der Waals surface area (Å²) in [6.07, 6.45) is 1.02. The predicted octanol–water partition coefficient (Wildman–Crippen LogP) is 2.03. The lowest BCUT2D eigenvalue weighted by molar-refractivity contribution is -0.116. The number of amides is 2. The van der Waals surface area contributed by atoms with Gasteiger partial charge in [0.25, 0.3) is 0 Å². The van der Waals surface area contributed by atoms with E-state index >= 15 is 0 Å². The van der Waals surface area contributed by atoms with Crippen LogP contribution in [0.15, 0.2) is 42.5 Å². The van der Waals surface area contributed by atoms with Crippen LogP contribution < -0.4 is 11.1 Å². The van der Waals surface area contributed by atoms with Gasteiger partial charge >= 0.3 is 5.97 Å². The van der Waals surface area contributed by atoms with Crippen molar-refractivity contribution in [1.82, 2.24) is 0 Å². The van der Waals surface area contributed by atoms with Gasteiger partial charge in [0.2, 0.25) is 11.8 Å². The number of rotatable bonds is 4. The van der Waals surface area contributed by atoms with Crippen LogP contribution in [0, 0.1) is 0 Å². The third-order valence-corrected chi connectivity index (χ3v) is 3.84. The highest BCUT2D eigenvalue weighted by Gasteiger charge is 2.17. The van der Waals surface area contributed by atoms with Crippen molar-refractivity contribution in [3.8, 4) is 0 Å². The number of carbonyl (C=O) groups excluding carboxylic acids is 3. The predicted molar refractivity (Wildman–Crippen MR) is 87.5 cm³/mol. The van der Waals surface area contributed by atoms with Gasteiger partial charge in [-0.15, -0.1) is 0 Å². The lowest BCUT2D eigenvalue weighted by atomic mass is 10.0. The number of nitrogens with one attached hydrogen (secondary N) is 1. The van der Waals surface area contributed by atoms with E-state index in [9.17, 15) is 14.4 Å². The van der Waals surface area contributed by atoms with Gasteiger partial charge in [0, 0.05) is 17.7 Å². The highest BCUT2D eigenvalue weighted by Crippen LogP contribution is 2.24. The van der Waals surface area contributed by atoms with Gasteiger partial charge in [0.15, 0.2) is 0 Å². The first kappa shape index (κ1) is 15.7. The zero-order valence-electron chi connectivity index (χ0n) is 12.9. The van der Waals surface area contributed by atoms with E-state index in [-0.39, 0.29) is 12.5 Å². The molecule has 0 bridgehead atoms. The number of nitrogens with two attached hydrogens (primary N) is 1. The van der Waals surface area contributed by atoms with Crippen LogP contribution >= 0.6 is 0 Å². The molecule has 1 aliphatic heterocycles. The minimum Gasteiger partial charge on any atom is -0.457 e. The maximum Gasteiger partial charge on any atom is 0.338 e. The Balaban J connectivity index is 1.65. The number of primary amides is 1. The molecule has 0 saturated carbocycles. The molecule has 0 aliphatic carbocycles. The molecule has 0 atom stereocenters. The Kier molecular flexibility index (Phi) is 4.29. The molecule has 6 nitrogen and oxygen atoms in total. The van der Waals surface area contributed by atoms with Crippen molar-refractivity contribution in [1.29, 1.82) is 0 Å². The lowest BCUT2D eigenvalue weighted by Crippen LogP contribution is -2.19. The van der Waals surface area contributed by atoms with Crippen molar-refractivity contribution in [3.63, 3.8) is 0 Å². The fourth-order valence-corrected chi connectivity index (χ4v) is 2.51. The molecule has 122 valence electrons. The second kappa shape index (κ2) is 6.54. The summed E-state index contributed by atoms with van der Waals surface area (Å²) in [5.74, 6) is -0.953. The molecule has 2 aromatic rings. The molecule has 0 aromatic heterocycles. The van der Waals surface area contributed by atoms with Crippen molar-refractivity contribution >= 4 is 23.5 Å². The van der Waals surface area contributed by atoms with Crippen LogP contribution in [0.1, 0.15) is 38.3 Å². The molecule has 3 rings (SSSR count). The molecule has 0 spiro atoms. The van der Waals surface area contributed by atoms with Crippen molar-refractivity contribution < 1.29 is 19.1 Å². The number of fused-ring (bicyclic) bond motifs is 1. The lowest BCUT2D eigenvalue weighted by Gasteiger charge is -2.17. The molecule has 3 N–H and O–H groups in total. The molecule has 0 saturated heterocycles. The second-order valence-corrected chi connectivity index (χ2v) is 5.56. The zero-order chi connectivity index (χ0) is 17.1. The molecular weight excluding hydrogens is 308 g/mol. The summed E-state index contributed by atoms with van der Waals surface area (Å²) in [4.78, 5) is 34.5. The van der Waals surface area contributed by atoms with Crippen LogP contribution in [0.5, 0.6) is 0 Å². The van der Waals surface area contributed by atoms with Crippen molar-refractivity contribution in [2.45, 2.75) is 19.4 Å². The van der Waals surface area contributed by atoms with E-state index < -0.39 is 11.9 Å². The average Bonchev–Trinajstić information content (AvgIpc) is 2.59. The summed E-state index contributed by atoms with van der Waals surface area (Å²) in [5, 5.41) is 2.77. The van der Waals surface area contributed by atoms with E-state index in [0.717, 1.165) is 16.8 Å². The van der Waals surface area contributed by atoms with Crippen LogP contribution in [0.3, 0.4) is 0 Å². The van der Waals surface area contributed by atoms with E-state index in [0.29, 0.717) is 24.0 Å². The Morgan fingerprint density at radius 3 is 2.46 bits per heavy atom. The molecule has 1 heterocycles. The first-order valence-corrected chi connectivity index (χ1v) is 7.51. The first-order valence-electron chi connectivity index (χ1n) is 7.51. The molecule has 0 unspecified atom stereocenters. The van der Waals surface area contributed by atoms with E-state index in [2.05, 4.69) is 5.32 Å². The maximum absolute atomic E-state index is 12.2. The molecular formula is C18H16N2O4. The van der Waals surface area contributed by atoms with Gasteiger partial charge < -0.3 is 15.8 Å². The Morgan fingerprint density at radius 1 is 1.04 bits per heavy atom. The number of ether oxygens (including phenoxy) is 1. The van der Waals surface area contributed by atoms with Crippen LogP contribution in [-0.4, -0.2) is 17.8 Å². The Bertz CT molecular complexity index is 812. The maximum atomic E-state index is 12.2. The summed E-state index contributed by atoms with van der Waals surface area (Å²) >= 11 is 0. The van der Waals surface area contributed by atoms with Crippen molar-refractivity contribution in [3.05, 3.63) is 64.7 Å². The average molecular weight is 324 g/mol. The van der Waals surface area contributed by atoms with E-state index in [1.165, 1.54) is 0 Å². The standard InChI is InChI=1S/C18H16N2O4/c19-17(22)12-3-1-11(2-4-12)10-24-18(23)14-5-7-15-13(9-14)6-8-16(21)20-15/h1-5,7,9H,6,8,10H2,(H2,19,22)(H,20,21). The molecule has 6 heteroatoms. The van der Waals surface area contributed by atoms with Gasteiger partial charge in [-0.25, -0.2) is 4.79 Å². The SMILES string of the molecule is NC(=O)c1ccc(COC(=O)c2ccc3c(c2)CCC(=O)N3)cc1. The molecule has 2 amide bonds. The number of carbonyl (C=O) groups is 3. The Morgan fingerprint density at radius 2 is 1.75 bits per heavy atom. The van der Waals surface area contributed by atoms with Crippen LogP contribution in [0.2, 0.25) is 0 Å². The minimum atomic E-state index is -0.500. The van der Waals surface area contributed by atoms with Gasteiger partial charge in [0.1, 0.15) is 6.61 Å². The molecule has 24 heavy (non-hydrogen) atoms. The first-order chi connectivity index (χ1) is 11.5. The van der Waals surface area contributed by atoms with Gasteiger partial charge in [-0.05, 0) is 47.9 Å². The summed E-state index contributed by atoms with van der Waals surface area (Å²) in [6, 6.07) is 11.6. The summed E-state index contributed by atoms with van der Waals surface area (Å²) in [7, 11) is 0. The number of hydrogen-bond donors (Lipinski definition) is 2. The fraction of sp³-hybridized carbons (Fsp3) is 0.167. The van der Waals surface area contributed by atoms with Crippen molar-refractivity contribution in [2.24, 2.45) is 5.73 Å². The largest absolute Gasteiger partial charge is 0.457 e. The number of esters is 1. The monoisotopic (exact) mass is 324 g/mol. The molecule has 0 radical (unpaired) electrons. The second-order valence-electron chi connectivity index (χ2n) is 5.56. The number of benzene rings is 2.